The van der Waals surface area contributed by atoms with E-state index >= 15 is 0 Å². The van der Waals surface area contributed by atoms with Crippen LogP contribution < -0.4 is 0 Å². The normalized spacial score (nSPS) is 26.7. The molecule has 6 nitrogen and oxygen atoms in total. The van der Waals surface area contributed by atoms with Crippen LogP contribution >= 0.6 is 0 Å². The SMILES string of the molecule is OC[C@H]1O[C@@H](c2noc(-c3ccccc3)n2)C[C@@H]1O. The minimum absolute atomic E-state index is 0.221. The van der Waals surface area contributed by atoms with Gasteiger partial charge < -0.3 is 19.5 Å². The predicted octanol–water partition coefficient (Wildman–Crippen LogP) is 0.920. The van der Waals surface area contributed by atoms with Crippen molar-refractivity contribution in [1.82, 2.24) is 10.1 Å². The summed E-state index contributed by atoms with van der Waals surface area (Å²) in [4.78, 5) is 4.27. The Morgan fingerprint density at radius 3 is 2.74 bits per heavy atom. The van der Waals surface area contributed by atoms with E-state index in [0.29, 0.717) is 18.1 Å². The van der Waals surface area contributed by atoms with Gasteiger partial charge in [0.25, 0.3) is 5.89 Å². The number of hydrogen-bond acceptors (Lipinski definition) is 6. The summed E-state index contributed by atoms with van der Waals surface area (Å²) in [6.07, 6.45) is -1.36. The number of ether oxygens (including phenoxy) is 1. The average Bonchev–Trinajstić information content (AvgIpc) is 3.06. The van der Waals surface area contributed by atoms with Crippen LogP contribution in [0.25, 0.3) is 11.5 Å². The Labute approximate surface area is 109 Å². The number of aliphatic hydroxyl groups is 2. The van der Waals surface area contributed by atoms with Crippen molar-refractivity contribution in [2.45, 2.75) is 24.7 Å². The van der Waals surface area contributed by atoms with Crippen LogP contribution in [0.4, 0.5) is 0 Å². The van der Waals surface area contributed by atoms with Crippen LogP contribution in [-0.2, 0) is 4.74 Å². The fraction of sp³-hybridized carbons (Fsp3) is 0.385. The minimum Gasteiger partial charge on any atom is -0.394 e. The molecule has 2 aromatic rings. The van der Waals surface area contributed by atoms with E-state index in [2.05, 4.69) is 10.1 Å². The zero-order chi connectivity index (χ0) is 13.2. The summed E-state index contributed by atoms with van der Waals surface area (Å²) in [6.45, 7) is -0.221. The van der Waals surface area contributed by atoms with Crippen molar-refractivity contribution in [1.29, 1.82) is 0 Å². The maximum Gasteiger partial charge on any atom is 0.258 e. The number of aliphatic hydroxyl groups excluding tert-OH is 2. The number of nitrogens with zero attached hydrogens (tertiary/aromatic N) is 2. The molecule has 1 saturated heterocycles. The molecule has 1 fully saturated rings. The molecule has 0 amide bonds. The standard InChI is InChI=1S/C13H14N2O4/c16-7-11-9(17)6-10(18-11)12-14-13(19-15-12)8-4-2-1-3-5-8/h1-5,9-11,16-17H,6-7H2/t9-,10+,11+/m0/s1. The van der Waals surface area contributed by atoms with Gasteiger partial charge in [0.2, 0.25) is 5.82 Å². The van der Waals surface area contributed by atoms with Gasteiger partial charge in [-0.25, -0.2) is 0 Å². The van der Waals surface area contributed by atoms with E-state index in [9.17, 15) is 5.11 Å². The van der Waals surface area contributed by atoms with Crippen molar-refractivity contribution in [2.24, 2.45) is 0 Å². The Kier molecular flexibility index (Phi) is 3.29. The van der Waals surface area contributed by atoms with Gasteiger partial charge in [-0.05, 0) is 12.1 Å². The van der Waals surface area contributed by atoms with Crippen molar-refractivity contribution in [3.8, 4) is 11.5 Å². The van der Waals surface area contributed by atoms with Gasteiger partial charge in [-0.2, -0.15) is 4.98 Å². The Morgan fingerprint density at radius 2 is 2.05 bits per heavy atom. The van der Waals surface area contributed by atoms with E-state index in [1.807, 2.05) is 30.3 Å². The van der Waals surface area contributed by atoms with E-state index in [-0.39, 0.29) is 6.61 Å². The Bertz CT molecular complexity index is 543. The van der Waals surface area contributed by atoms with Crippen LogP contribution in [0.1, 0.15) is 18.3 Å². The van der Waals surface area contributed by atoms with Gasteiger partial charge in [0.1, 0.15) is 12.2 Å². The van der Waals surface area contributed by atoms with Gasteiger partial charge in [0.05, 0.1) is 12.7 Å². The maximum atomic E-state index is 9.67. The summed E-state index contributed by atoms with van der Waals surface area (Å²) in [6, 6.07) is 9.42. The van der Waals surface area contributed by atoms with Gasteiger partial charge in [0.15, 0.2) is 0 Å². The second-order valence-corrected chi connectivity index (χ2v) is 4.47. The third kappa shape index (κ3) is 2.37. The zero-order valence-electron chi connectivity index (χ0n) is 10.1. The van der Waals surface area contributed by atoms with Gasteiger partial charge in [-0.1, -0.05) is 23.4 Å². The first kappa shape index (κ1) is 12.3. The summed E-state index contributed by atoms with van der Waals surface area (Å²) >= 11 is 0. The summed E-state index contributed by atoms with van der Waals surface area (Å²) < 4.78 is 10.7. The first-order valence-electron chi connectivity index (χ1n) is 6.11. The van der Waals surface area contributed by atoms with Gasteiger partial charge >= 0.3 is 0 Å². The quantitative estimate of drug-likeness (QED) is 0.855. The van der Waals surface area contributed by atoms with Crippen molar-refractivity contribution in [3.63, 3.8) is 0 Å². The minimum atomic E-state index is -0.700. The van der Waals surface area contributed by atoms with Crippen molar-refractivity contribution in [2.75, 3.05) is 6.61 Å². The second kappa shape index (κ2) is 5.08. The van der Waals surface area contributed by atoms with Crippen LogP contribution in [0.15, 0.2) is 34.9 Å². The lowest BCUT2D eigenvalue weighted by molar-refractivity contribution is -0.0251. The van der Waals surface area contributed by atoms with Crippen molar-refractivity contribution >= 4 is 0 Å². The van der Waals surface area contributed by atoms with Crippen LogP contribution in [0, 0.1) is 0 Å². The zero-order valence-corrected chi connectivity index (χ0v) is 10.1. The van der Waals surface area contributed by atoms with Crippen molar-refractivity contribution < 1.29 is 19.5 Å². The summed E-state index contributed by atoms with van der Waals surface area (Å²) in [5.74, 6) is 0.815. The highest BCUT2D eigenvalue weighted by atomic mass is 16.5. The Hall–Kier alpha value is -1.76. The highest BCUT2D eigenvalue weighted by molar-refractivity contribution is 5.52. The summed E-state index contributed by atoms with van der Waals surface area (Å²) in [5, 5.41) is 22.6. The first-order chi connectivity index (χ1) is 9.28. The number of rotatable bonds is 3. The molecule has 0 saturated carbocycles. The molecule has 2 heterocycles. The summed E-state index contributed by atoms with van der Waals surface area (Å²) in [7, 11) is 0. The maximum absolute atomic E-state index is 9.67. The number of hydrogen-bond donors (Lipinski definition) is 2. The monoisotopic (exact) mass is 262 g/mol. The topological polar surface area (TPSA) is 88.6 Å². The molecule has 3 atom stereocenters. The lowest BCUT2D eigenvalue weighted by atomic mass is 10.1. The molecule has 0 bridgehead atoms. The molecular weight excluding hydrogens is 248 g/mol. The molecule has 3 rings (SSSR count). The molecule has 1 aromatic carbocycles. The Balaban J connectivity index is 1.79. The first-order valence-corrected chi connectivity index (χ1v) is 6.11. The molecule has 100 valence electrons. The molecule has 1 aromatic heterocycles. The number of aromatic nitrogens is 2. The molecule has 2 N–H and O–H groups in total. The van der Waals surface area contributed by atoms with E-state index < -0.39 is 18.3 Å². The second-order valence-electron chi connectivity index (χ2n) is 4.47. The van der Waals surface area contributed by atoms with E-state index in [4.69, 9.17) is 14.4 Å². The van der Waals surface area contributed by atoms with E-state index in [1.165, 1.54) is 0 Å². The molecule has 0 aliphatic carbocycles. The highest BCUT2D eigenvalue weighted by Crippen LogP contribution is 2.32. The predicted molar refractivity (Wildman–Crippen MR) is 65.1 cm³/mol. The lowest BCUT2D eigenvalue weighted by Crippen LogP contribution is -2.24. The Morgan fingerprint density at radius 1 is 1.26 bits per heavy atom. The third-order valence-corrected chi connectivity index (χ3v) is 3.15. The largest absolute Gasteiger partial charge is 0.394 e. The van der Waals surface area contributed by atoms with Crippen LogP contribution in [-0.4, -0.2) is 39.2 Å². The van der Waals surface area contributed by atoms with E-state index in [1.54, 1.807) is 0 Å². The average molecular weight is 262 g/mol. The molecule has 1 aliphatic heterocycles. The molecular formula is C13H14N2O4. The van der Waals surface area contributed by atoms with Gasteiger partial charge in [-0.3, -0.25) is 0 Å². The molecule has 0 spiro atoms. The number of benzene rings is 1. The van der Waals surface area contributed by atoms with Gasteiger partial charge in [0, 0.05) is 12.0 Å². The highest BCUT2D eigenvalue weighted by Gasteiger charge is 2.36. The molecule has 0 unspecified atom stereocenters. The lowest BCUT2D eigenvalue weighted by Gasteiger charge is -2.09. The third-order valence-electron chi connectivity index (χ3n) is 3.15. The fourth-order valence-corrected chi connectivity index (χ4v) is 2.12. The fourth-order valence-electron chi connectivity index (χ4n) is 2.12. The van der Waals surface area contributed by atoms with Gasteiger partial charge in [-0.15, -0.1) is 0 Å². The molecule has 1 aliphatic rings. The van der Waals surface area contributed by atoms with Crippen LogP contribution in [0.2, 0.25) is 0 Å². The smallest absolute Gasteiger partial charge is 0.258 e. The molecule has 0 radical (unpaired) electrons. The molecule has 19 heavy (non-hydrogen) atoms. The van der Waals surface area contributed by atoms with Crippen molar-refractivity contribution in [3.05, 3.63) is 36.2 Å². The van der Waals surface area contributed by atoms with E-state index in [0.717, 1.165) is 5.56 Å². The summed E-state index contributed by atoms with van der Waals surface area (Å²) in [5.41, 5.74) is 0.832. The molecule has 6 heteroatoms. The van der Waals surface area contributed by atoms with Crippen LogP contribution in [0.5, 0.6) is 0 Å². The van der Waals surface area contributed by atoms with Crippen LogP contribution in [0.3, 0.4) is 0 Å².